The van der Waals surface area contributed by atoms with Crippen LogP contribution in [0.5, 0.6) is 11.6 Å². The number of ether oxygens (including phenoxy) is 1. The molecule has 0 unspecified atom stereocenters. The van der Waals surface area contributed by atoms with Crippen LogP contribution in [0, 0.1) is 12.7 Å². The average molecular weight is 220 g/mol. The molecule has 82 valence electrons. The number of halogens is 1. The summed E-state index contributed by atoms with van der Waals surface area (Å²) in [6.45, 7) is 1.80. The SMILES string of the molecule is Cc1ccc(F)c(Oc2ncc[nH]c2=O)c1. The quantitative estimate of drug-likeness (QED) is 0.842. The summed E-state index contributed by atoms with van der Waals surface area (Å²) in [7, 11) is 0. The fraction of sp³-hybridized carbons (Fsp3) is 0.0909. The molecule has 5 heteroatoms. The van der Waals surface area contributed by atoms with Crippen LogP contribution >= 0.6 is 0 Å². The molecule has 0 aliphatic rings. The molecule has 0 fully saturated rings. The Morgan fingerprint density at radius 1 is 1.44 bits per heavy atom. The van der Waals surface area contributed by atoms with Crippen molar-refractivity contribution in [1.82, 2.24) is 9.97 Å². The first-order valence-electron chi connectivity index (χ1n) is 4.64. The van der Waals surface area contributed by atoms with E-state index in [2.05, 4.69) is 9.97 Å². The van der Waals surface area contributed by atoms with E-state index in [4.69, 9.17) is 4.74 Å². The van der Waals surface area contributed by atoms with Crippen molar-refractivity contribution in [3.63, 3.8) is 0 Å². The Kier molecular flexibility index (Phi) is 2.68. The van der Waals surface area contributed by atoms with Gasteiger partial charge in [-0.3, -0.25) is 4.79 Å². The molecular formula is C11H9FN2O2. The van der Waals surface area contributed by atoms with Crippen molar-refractivity contribution >= 4 is 0 Å². The van der Waals surface area contributed by atoms with Crippen LogP contribution in [0.15, 0.2) is 35.4 Å². The fourth-order valence-electron chi connectivity index (χ4n) is 1.20. The monoisotopic (exact) mass is 220 g/mol. The number of H-pyrrole nitrogens is 1. The summed E-state index contributed by atoms with van der Waals surface area (Å²) in [6.07, 6.45) is 2.74. The molecule has 0 saturated heterocycles. The number of rotatable bonds is 2. The highest BCUT2D eigenvalue weighted by Crippen LogP contribution is 2.21. The van der Waals surface area contributed by atoms with Gasteiger partial charge in [-0.05, 0) is 24.6 Å². The molecule has 0 bridgehead atoms. The number of aromatic nitrogens is 2. The van der Waals surface area contributed by atoms with Gasteiger partial charge in [-0.15, -0.1) is 0 Å². The summed E-state index contributed by atoms with van der Waals surface area (Å²) in [5.41, 5.74) is 0.340. The molecule has 0 aliphatic heterocycles. The van der Waals surface area contributed by atoms with Crippen LogP contribution in [0.25, 0.3) is 0 Å². The molecule has 0 atom stereocenters. The van der Waals surface area contributed by atoms with E-state index in [0.717, 1.165) is 5.56 Å². The van der Waals surface area contributed by atoms with E-state index in [-0.39, 0.29) is 11.6 Å². The van der Waals surface area contributed by atoms with Crippen LogP contribution in [0.2, 0.25) is 0 Å². The van der Waals surface area contributed by atoms with Crippen molar-refractivity contribution in [2.75, 3.05) is 0 Å². The van der Waals surface area contributed by atoms with Crippen molar-refractivity contribution in [2.45, 2.75) is 6.92 Å². The van der Waals surface area contributed by atoms with Gasteiger partial charge in [0.05, 0.1) is 0 Å². The van der Waals surface area contributed by atoms with Crippen LogP contribution < -0.4 is 10.3 Å². The molecule has 1 N–H and O–H groups in total. The van der Waals surface area contributed by atoms with Crippen LogP contribution in [-0.4, -0.2) is 9.97 Å². The van der Waals surface area contributed by atoms with Crippen LogP contribution in [-0.2, 0) is 0 Å². The molecule has 0 spiro atoms. The lowest BCUT2D eigenvalue weighted by Crippen LogP contribution is -2.09. The molecule has 4 nitrogen and oxygen atoms in total. The highest BCUT2D eigenvalue weighted by molar-refractivity contribution is 5.31. The van der Waals surface area contributed by atoms with Crippen molar-refractivity contribution < 1.29 is 9.13 Å². The molecule has 0 amide bonds. The second kappa shape index (κ2) is 4.14. The van der Waals surface area contributed by atoms with Gasteiger partial charge in [-0.25, -0.2) is 9.37 Å². The number of nitrogens with zero attached hydrogens (tertiary/aromatic N) is 1. The zero-order valence-corrected chi connectivity index (χ0v) is 8.53. The van der Waals surface area contributed by atoms with Crippen molar-refractivity contribution in [3.8, 4) is 11.6 Å². The highest BCUT2D eigenvalue weighted by atomic mass is 19.1. The Morgan fingerprint density at radius 2 is 2.25 bits per heavy atom. The molecule has 1 aromatic carbocycles. The van der Waals surface area contributed by atoms with Crippen molar-refractivity contribution in [2.24, 2.45) is 0 Å². The fourth-order valence-corrected chi connectivity index (χ4v) is 1.20. The van der Waals surface area contributed by atoms with Gasteiger partial charge in [0, 0.05) is 12.4 Å². The molecule has 1 heterocycles. The Labute approximate surface area is 90.7 Å². The minimum absolute atomic E-state index is 0.0100. The molecule has 16 heavy (non-hydrogen) atoms. The number of aryl methyl sites for hydroxylation is 1. The Morgan fingerprint density at radius 3 is 3.00 bits per heavy atom. The van der Waals surface area contributed by atoms with Gasteiger partial charge in [0.25, 0.3) is 5.88 Å². The van der Waals surface area contributed by atoms with E-state index >= 15 is 0 Å². The van der Waals surface area contributed by atoms with Crippen LogP contribution in [0.4, 0.5) is 4.39 Å². The van der Waals surface area contributed by atoms with Gasteiger partial charge in [0.2, 0.25) is 0 Å². The number of benzene rings is 1. The second-order valence-corrected chi connectivity index (χ2v) is 3.26. The van der Waals surface area contributed by atoms with Gasteiger partial charge in [-0.1, -0.05) is 6.07 Å². The summed E-state index contributed by atoms with van der Waals surface area (Å²) in [5, 5.41) is 0. The maximum Gasteiger partial charge on any atom is 0.311 e. The van der Waals surface area contributed by atoms with E-state index in [1.165, 1.54) is 24.5 Å². The topological polar surface area (TPSA) is 55.0 Å². The summed E-state index contributed by atoms with van der Waals surface area (Å²) in [4.78, 5) is 17.4. The number of hydrogen-bond donors (Lipinski definition) is 1. The molecule has 1 aromatic heterocycles. The Hall–Kier alpha value is -2.17. The predicted octanol–water partition coefficient (Wildman–Crippen LogP) is 2.01. The van der Waals surface area contributed by atoms with E-state index in [0.29, 0.717) is 0 Å². The van der Waals surface area contributed by atoms with Gasteiger partial charge < -0.3 is 9.72 Å². The van der Waals surface area contributed by atoms with E-state index in [1.54, 1.807) is 13.0 Å². The van der Waals surface area contributed by atoms with E-state index in [9.17, 15) is 9.18 Å². The van der Waals surface area contributed by atoms with Crippen LogP contribution in [0.3, 0.4) is 0 Å². The number of nitrogens with one attached hydrogen (secondary N) is 1. The lowest BCUT2D eigenvalue weighted by molar-refractivity contribution is 0.420. The largest absolute Gasteiger partial charge is 0.431 e. The van der Waals surface area contributed by atoms with E-state index in [1.807, 2.05) is 0 Å². The van der Waals surface area contributed by atoms with Crippen LogP contribution in [0.1, 0.15) is 5.56 Å². The van der Waals surface area contributed by atoms with Crippen molar-refractivity contribution in [1.29, 1.82) is 0 Å². The van der Waals surface area contributed by atoms with Gasteiger partial charge in [-0.2, -0.15) is 0 Å². The zero-order valence-electron chi connectivity index (χ0n) is 8.53. The second-order valence-electron chi connectivity index (χ2n) is 3.26. The Balaban J connectivity index is 2.38. The van der Waals surface area contributed by atoms with Gasteiger partial charge >= 0.3 is 5.56 Å². The Bertz CT molecular complexity index is 566. The highest BCUT2D eigenvalue weighted by Gasteiger charge is 2.08. The molecule has 0 aliphatic carbocycles. The number of hydrogen-bond acceptors (Lipinski definition) is 3. The molecule has 2 rings (SSSR count). The summed E-state index contributed by atoms with van der Waals surface area (Å²) in [5.74, 6) is -0.716. The third-order valence-electron chi connectivity index (χ3n) is 1.97. The summed E-state index contributed by atoms with van der Waals surface area (Å²) < 4.78 is 18.4. The average Bonchev–Trinajstić information content (AvgIpc) is 2.27. The summed E-state index contributed by atoms with van der Waals surface area (Å²) in [6, 6.07) is 4.40. The third-order valence-corrected chi connectivity index (χ3v) is 1.97. The maximum absolute atomic E-state index is 13.3. The molecule has 2 aromatic rings. The molecule has 0 radical (unpaired) electrons. The van der Waals surface area contributed by atoms with Gasteiger partial charge in [0.1, 0.15) is 0 Å². The molecule has 0 saturated carbocycles. The molecular weight excluding hydrogens is 211 g/mol. The first-order valence-corrected chi connectivity index (χ1v) is 4.64. The third kappa shape index (κ3) is 2.08. The summed E-state index contributed by atoms with van der Waals surface area (Å²) >= 11 is 0. The smallest absolute Gasteiger partial charge is 0.311 e. The lowest BCUT2D eigenvalue weighted by atomic mass is 10.2. The van der Waals surface area contributed by atoms with Crippen molar-refractivity contribution in [3.05, 3.63) is 52.3 Å². The standard InChI is InChI=1S/C11H9FN2O2/c1-7-2-3-8(12)9(6-7)16-11-10(15)13-4-5-14-11/h2-6H,1H3,(H,13,15). The normalized spacial score (nSPS) is 10.1. The van der Waals surface area contributed by atoms with Gasteiger partial charge in [0.15, 0.2) is 11.6 Å². The van der Waals surface area contributed by atoms with E-state index < -0.39 is 11.4 Å². The first-order chi connectivity index (χ1) is 7.66. The number of aromatic amines is 1. The predicted molar refractivity (Wildman–Crippen MR) is 56.1 cm³/mol. The minimum atomic E-state index is -0.532. The zero-order chi connectivity index (χ0) is 11.5. The lowest BCUT2D eigenvalue weighted by Gasteiger charge is -2.05. The maximum atomic E-state index is 13.3. The first kappa shape index (κ1) is 10.4. The minimum Gasteiger partial charge on any atom is -0.431 e.